The lowest BCUT2D eigenvalue weighted by Gasteiger charge is -2.15. The second-order valence-electron chi connectivity index (χ2n) is 4.67. The minimum atomic E-state index is -0.663. The summed E-state index contributed by atoms with van der Waals surface area (Å²) in [4.78, 5) is 23.4. The second-order valence-corrected chi connectivity index (χ2v) is 4.67. The number of nitrogens with two attached hydrogens (primary N) is 1. The molecule has 2 aromatic rings. The van der Waals surface area contributed by atoms with Gasteiger partial charge in [0.2, 0.25) is 0 Å². The molecule has 0 saturated carbocycles. The number of aromatic nitrogens is 2. The third-order valence-electron chi connectivity index (χ3n) is 3.23. The molecule has 0 radical (unpaired) electrons. The lowest BCUT2D eigenvalue weighted by molar-refractivity contribution is 0.385. The van der Waals surface area contributed by atoms with E-state index in [1.54, 1.807) is 6.07 Å². The summed E-state index contributed by atoms with van der Waals surface area (Å²) in [7, 11) is 2.87. The molecule has 6 nitrogen and oxygen atoms in total. The van der Waals surface area contributed by atoms with Crippen LogP contribution in [0.15, 0.2) is 40.2 Å². The van der Waals surface area contributed by atoms with Crippen molar-refractivity contribution in [2.24, 2.45) is 12.8 Å². The molecule has 0 aliphatic heterocycles. The molecule has 1 aromatic heterocycles. The summed E-state index contributed by atoms with van der Waals surface area (Å²) in [5, 5.41) is 0. The molecular weight excluding hydrogens is 277 g/mol. The molecule has 112 valence electrons. The Labute approximate surface area is 120 Å². The molecule has 0 aliphatic rings. The van der Waals surface area contributed by atoms with Crippen molar-refractivity contribution in [1.29, 1.82) is 0 Å². The number of aryl methyl sites for hydroxylation is 1. The van der Waals surface area contributed by atoms with E-state index in [4.69, 9.17) is 10.5 Å². The van der Waals surface area contributed by atoms with Gasteiger partial charge >= 0.3 is 11.1 Å². The molecule has 1 heterocycles. The second kappa shape index (κ2) is 5.92. The predicted molar refractivity (Wildman–Crippen MR) is 75.8 cm³/mol. The van der Waals surface area contributed by atoms with Gasteiger partial charge in [-0.1, -0.05) is 6.07 Å². The highest BCUT2D eigenvalue weighted by molar-refractivity contribution is 5.30. The van der Waals surface area contributed by atoms with E-state index in [1.807, 2.05) is 0 Å². The lowest BCUT2D eigenvalue weighted by Crippen LogP contribution is -2.40. The van der Waals surface area contributed by atoms with Gasteiger partial charge in [0.05, 0.1) is 7.11 Å². The summed E-state index contributed by atoms with van der Waals surface area (Å²) in [5.41, 5.74) is 5.19. The Morgan fingerprint density at radius 2 is 2.00 bits per heavy atom. The summed E-state index contributed by atoms with van der Waals surface area (Å²) >= 11 is 0. The fraction of sp³-hybridized carbons (Fsp3) is 0.286. The van der Waals surface area contributed by atoms with Crippen molar-refractivity contribution >= 4 is 0 Å². The summed E-state index contributed by atoms with van der Waals surface area (Å²) in [5.74, 6) is -0.404. The van der Waals surface area contributed by atoms with Crippen LogP contribution in [0.25, 0.3) is 0 Å². The van der Waals surface area contributed by atoms with Crippen LogP contribution in [-0.2, 0) is 13.6 Å². The number of benzene rings is 1. The lowest BCUT2D eigenvalue weighted by atomic mass is 10.1. The molecule has 2 rings (SSSR count). The van der Waals surface area contributed by atoms with Crippen LogP contribution in [0.2, 0.25) is 0 Å². The van der Waals surface area contributed by atoms with Crippen molar-refractivity contribution < 1.29 is 9.13 Å². The maximum absolute atomic E-state index is 13.6. The molecule has 0 amide bonds. The van der Waals surface area contributed by atoms with Crippen LogP contribution in [0.5, 0.6) is 5.75 Å². The number of halogens is 1. The van der Waals surface area contributed by atoms with Gasteiger partial charge in [-0.3, -0.25) is 9.59 Å². The predicted octanol–water partition coefficient (Wildman–Crippen LogP) is 0.395. The van der Waals surface area contributed by atoms with Gasteiger partial charge in [0.25, 0.3) is 0 Å². The van der Waals surface area contributed by atoms with Gasteiger partial charge in [-0.2, -0.15) is 0 Å². The Morgan fingerprint density at radius 1 is 1.29 bits per heavy atom. The fourth-order valence-electron chi connectivity index (χ4n) is 1.96. The highest BCUT2D eigenvalue weighted by Crippen LogP contribution is 2.21. The van der Waals surface area contributed by atoms with Crippen molar-refractivity contribution in [2.45, 2.75) is 12.6 Å². The Balaban J connectivity index is 2.28. The third kappa shape index (κ3) is 3.03. The molecular formula is C14H16FN3O3. The Morgan fingerprint density at radius 3 is 2.62 bits per heavy atom. The monoisotopic (exact) mass is 293 g/mol. The zero-order chi connectivity index (χ0) is 15.6. The molecule has 0 saturated heterocycles. The standard InChI is InChI=1S/C14H16FN3O3/c1-17-5-6-18(14(20)13(17)19)8-11(16)9-3-4-12(21-2)10(15)7-9/h3-7,11H,8,16H2,1-2H3. The summed E-state index contributed by atoms with van der Waals surface area (Å²) < 4.78 is 20.9. The van der Waals surface area contributed by atoms with Gasteiger partial charge < -0.3 is 19.6 Å². The molecule has 0 fully saturated rings. The molecule has 1 unspecified atom stereocenters. The summed E-state index contributed by atoms with van der Waals surface area (Å²) in [6.45, 7) is 0.0840. The van der Waals surface area contributed by atoms with Crippen LogP contribution in [-0.4, -0.2) is 16.2 Å². The Kier molecular flexibility index (Phi) is 4.23. The molecule has 2 N–H and O–H groups in total. The van der Waals surface area contributed by atoms with Crippen LogP contribution in [0, 0.1) is 5.82 Å². The summed E-state index contributed by atoms with van der Waals surface area (Å²) in [6, 6.07) is 3.74. The maximum Gasteiger partial charge on any atom is 0.316 e. The van der Waals surface area contributed by atoms with Crippen molar-refractivity contribution in [1.82, 2.24) is 9.13 Å². The number of rotatable bonds is 4. The van der Waals surface area contributed by atoms with Gasteiger partial charge in [0.15, 0.2) is 11.6 Å². The van der Waals surface area contributed by atoms with Crippen LogP contribution < -0.4 is 21.6 Å². The van der Waals surface area contributed by atoms with E-state index in [0.717, 1.165) is 0 Å². The van der Waals surface area contributed by atoms with Gasteiger partial charge in [0.1, 0.15) is 0 Å². The highest BCUT2D eigenvalue weighted by atomic mass is 19.1. The molecule has 1 atom stereocenters. The molecule has 0 spiro atoms. The molecule has 0 aliphatic carbocycles. The molecule has 7 heteroatoms. The fourth-order valence-corrected chi connectivity index (χ4v) is 1.96. The van der Waals surface area contributed by atoms with Crippen LogP contribution in [0.3, 0.4) is 0 Å². The minimum Gasteiger partial charge on any atom is -0.494 e. The number of hydrogen-bond acceptors (Lipinski definition) is 4. The van der Waals surface area contributed by atoms with E-state index in [1.165, 1.54) is 47.8 Å². The van der Waals surface area contributed by atoms with Gasteiger partial charge in [-0.05, 0) is 17.7 Å². The first kappa shape index (κ1) is 15.0. The average Bonchev–Trinajstić information content (AvgIpc) is 2.47. The topological polar surface area (TPSA) is 79.2 Å². The van der Waals surface area contributed by atoms with Crippen LogP contribution >= 0.6 is 0 Å². The van der Waals surface area contributed by atoms with E-state index >= 15 is 0 Å². The minimum absolute atomic E-state index is 0.0840. The maximum atomic E-state index is 13.6. The summed E-state index contributed by atoms with van der Waals surface area (Å²) in [6.07, 6.45) is 2.95. The zero-order valence-corrected chi connectivity index (χ0v) is 11.7. The highest BCUT2D eigenvalue weighted by Gasteiger charge is 2.12. The first-order valence-electron chi connectivity index (χ1n) is 6.29. The molecule has 21 heavy (non-hydrogen) atoms. The van der Waals surface area contributed by atoms with E-state index in [2.05, 4.69) is 0 Å². The number of hydrogen-bond donors (Lipinski definition) is 1. The smallest absolute Gasteiger partial charge is 0.316 e. The quantitative estimate of drug-likeness (QED) is 0.827. The zero-order valence-electron chi connectivity index (χ0n) is 11.7. The normalized spacial score (nSPS) is 12.2. The SMILES string of the molecule is COc1ccc(C(N)Cn2ccn(C)c(=O)c2=O)cc1F. The van der Waals surface area contributed by atoms with Crippen LogP contribution in [0.1, 0.15) is 11.6 Å². The Hall–Kier alpha value is -2.41. The van der Waals surface area contributed by atoms with Gasteiger partial charge in [-0.15, -0.1) is 0 Å². The Bertz CT molecular complexity index is 767. The number of nitrogens with zero attached hydrogens (tertiary/aromatic N) is 2. The number of methoxy groups -OCH3 is 1. The average molecular weight is 293 g/mol. The van der Waals surface area contributed by atoms with Gasteiger partial charge in [0, 0.05) is 32.0 Å². The third-order valence-corrected chi connectivity index (χ3v) is 3.23. The van der Waals surface area contributed by atoms with Gasteiger partial charge in [-0.25, -0.2) is 4.39 Å². The van der Waals surface area contributed by atoms with Crippen molar-refractivity contribution in [3.05, 3.63) is 62.7 Å². The van der Waals surface area contributed by atoms with E-state index in [9.17, 15) is 14.0 Å². The first-order chi connectivity index (χ1) is 9.93. The van der Waals surface area contributed by atoms with E-state index in [0.29, 0.717) is 5.56 Å². The van der Waals surface area contributed by atoms with E-state index < -0.39 is 23.0 Å². The molecule has 0 bridgehead atoms. The number of ether oxygens (including phenoxy) is 1. The van der Waals surface area contributed by atoms with Crippen molar-refractivity contribution in [3.63, 3.8) is 0 Å². The van der Waals surface area contributed by atoms with Crippen LogP contribution in [0.4, 0.5) is 4.39 Å². The first-order valence-corrected chi connectivity index (χ1v) is 6.29. The van der Waals surface area contributed by atoms with Crippen molar-refractivity contribution in [2.75, 3.05) is 7.11 Å². The van der Waals surface area contributed by atoms with E-state index in [-0.39, 0.29) is 12.3 Å². The van der Waals surface area contributed by atoms with Crippen molar-refractivity contribution in [3.8, 4) is 5.75 Å². The largest absolute Gasteiger partial charge is 0.494 e. The molecule has 1 aromatic carbocycles.